The summed E-state index contributed by atoms with van der Waals surface area (Å²) in [5, 5.41) is 6.96. The summed E-state index contributed by atoms with van der Waals surface area (Å²) >= 11 is 6.12. The van der Waals surface area contributed by atoms with E-state index in [0.717, 1.165) is 5.56 Å². The molecule has 1 aliphatic rings. The lowest BCUT2D eigenvalue weighted by atomic mass is 10.1. The topological polar surface area (TPSA) is 84.7 Å². The summed E-state index contributed by atoms with van der Waals surface area (Å²) in [4.78, 5) is 26.4. The zero-order valence-electron chi connectivity index (χ0n) is 14.1. The highest BCUT2D eigenvalue weighted by Gasteiger charge is 2.36. The zero-order chi connectivity index (χ0) is 18.1. The molecule has 3 rings (SSSR count). The Bertz CT molecular complexity index is 833. The van der Waals surface area contributed by atoms with Crippen molar-refractivity contribution in [1.29, 1.82) is 0 Å². The number of methoxy groups -OCH3 is 1. The third-order valence-corrected chi connectivity index (χ3v) is 4.53. The molecule has 2 aromatic rings. The van der Waals surface area contributed by atoms with E-state index in [-0.39, 0.29) is 24.8 Å². The van der Waals surface area contributed by atoms with E-state index in [1.54, 1.807) is 30.0 Å². The van der Waals surface area contributed by atoms with Gasteiger partial charge in [-0.1, -0.05) is 16.8 Å². The van der Waals surface area contributed by atoms with Crippen LogP contribution in [0.1, 0.15) is 17.7 Å². The summed E-state index contributed by atoms with van der Waals surface area (Å²) < 4.78 is 10.3. The van der Waals surface area contributed by atoms with E-state index >= 15 is 0 Å². The summed E-state index contributed by atoms with van der Waals surface area (Å²) in [6.07, 6.45) is 0.119. The number of anilines is 2. The number of nitrogens with one attached hydrogen (secondary N) is 1. The molecule has 1 aliphatic heterocycles. The van der Waals surface area contributed by atoms with Gasteiger partial charge in [0.05, 0.1) is 18.7 Å². The number of carbonyl (C=O) groups is 2. The number of aryl methyl sites for hydroxylation is 2. The molecule has 0 saturated carbocycles. The molecule has 1 fully saturated rings. The minimum atomic E-state index is -0.481. The van der Waals surface area contributed by atoms with Gasteiger partial charge in [-0.25, -0.2) is 0 Å². The van der Waals surface area contributed by atoms with Crippen molar-refractivity contribution in [3.05, 3.63) is 34.5 Å². The minimum Gasteiger partial charge on any atom is -0.495 e. The van der Waals surface area contributed by atoms with E-state index in [4.69, 9.17) is 20.9 Å². The lowest BCUT2D eigenvalue weighted by Crippen LogP contribution is -2.28. The Morgan fingerprint density at radius 3 is 2.80 bits per heavy atom. The third kappa shape index (κ3) is 3.46. The van der Waals surface area contributed by atoms with Crippen molar-refractivity contribution in [2.45, 2.75) is 20.3 Å². The molecule has 0 aliphatic carbocycles. The van der Waals surface area contributed by atoms with Crippen molar-refractivity contribution in [3.63, 3.8) is 0 Å². The van der Waals surface area contributed by atoms with Crippen molar-refractivity contribution in [2.75, 3.05) is 23.9 Å². The Morgan fingerprint density at radius 1 is 1.40 bits per heavy atom. The summed E-state index contributed by atoms with van der Waals surface area (Å²) in [6, 6.07) is 5.09. The second kappa shape index (κ2) is 6.76. The van der Waals surface area contributed by atoms with Crippen LogP contribution < -0.4 is 15.0 Å². The van der Waals surface area contributed by atoms with Crippen molar-refractivity contribution in [3.8, 4) is 5.75 Å². The van der Waals surface area contributed by atoms with Gasteiger partial charge in [0.15, 0.2) is 5.82 Å². The zero-order valence-corrected chi connectivity index (χ0v) is 14.9. The van der Waals surface area contributed by atoms with Gasteiger partial charge in [-0.2, -0.15) is 0 Å². The predicted octanol–water partition coefficient (Wildman–Crippen LogP) is 2.95. The molecule has 2 heterocycles. The minimum absolute atomic E-state index is 0.119. The summed E-state index contributed by atoms with van der Waals surface area (Å²) in [6.45, 7) is 3.85. The van der Waals surface area contributed by atoms with Crippen molar-refractivity contribution < 1.29 is 18.8 Å². The number of benzene rings is 1. The van der Waals surface area contributed by atoms with Crippen LogP contribution in [0.3, 0.4) is 0 Å². The highest BCUT2D eigenvalue weighted by Crippen LogP contribution is 2.37. The molecule has 25 heavy (non-hydrogen) atoms. The van der Waals surface area contributed by atoms with E-state index in [1.807, 2.05) is 6.92 Å². The van der Waals surface area contributed by atoms with E-state index in [1.165, 1.54) is 7.11 Å². The predicted molar refractivity (Wildman–Crippen MR) is 93.1 cm³/mol. The first kappa shape index (κ1) is 17.3. The van der Waals surface area contributed by atoms with E-state index < -0.39 is 5.92 Å². The van der Waals surface area contributed by atoms with Gasteiger partial charge in [0, 0.05) is 30.1 Å². The van der Waals surface area contributed by atoms with Crippen LogP contribution in [-0.4, -0.2) is 30.6 Å². The Hall–Kier alpha value is -2.54. The molecule has 7 nitrogen and oxygen atoms in total. The number of hydrogen-bond acceptors (Lipinski definition) is 5. The number of nitrogens with zero attached hydrogens (tertiary/aromatic N) is 2. The number of halogens is 1. The first-order chi connectivity index (χ1) is 11.9. The maximum absolute atomic E-state index is 12.4. The smallest absolute Gasteiger partial charge is 0.231 e. The summed E-state index contributed by atoms with van der Waals surface area (Å²) in [5.41, 5.74) is 1.44. The van der Waals surface area contributed by atoms with Crippen LogP contribution in [0.5, 0.6) is 5.75 Å². The number of carbonyl (C=O) groups excluding carboxylic acids is 2. The molecule has 8 heteroatoms. The van der Waals surface area contributed by atoms with Crippen LogP contribution in [0, 0.1) is 19.8 Å². The number of hydrogen-bond donors (Lipinski definition) is 1. The molecular formula is C17H18ClN3O4. The van der Waals surface area contributed by atoms with E-state index in [9.17, 15) is 9.59 Å². The molecule has 1 aromatic heterocycles. The maximum Gasteiger partial charge on any atom is 0.231 e. The van der Waals surface area contributed by atoms with Crippen LogP contribution >= 0.6 is 11.6 Å². The summed E-state index contributed by atoms with van der Waals surface area (Å²) in [5.74, 6) is 0.543. The van der Waals surface area contributed by atoms with Gasteiger partial charge < -0.3 is 19.5 Å². The van der Waals surface area contributed by atoms with Gasteiger partial charge in [-0.05, 0) is 25.5 Å². The first-order valence-electron chi connectivity index (χ1n) is 7.77. The first-order valence-corrected chi connectivity index (χ1v) is 8.15. The van der Waals surface area contributed by atoms with Gasteiger partial charge >= 0.3 is 0 Å². The molecule has 1 saturated heterocycles. The SMILES string of the molecule is COc1cc(Cl)c(C)cc1N1CC(C(=O)Nc2cc(C)on2)CC1=O. The molecule has 0 radical (unpaired) electrons. The largest absolute Gasteiger partial charge is 0.495 e. The Labute approximate surface area is 149 Å². The van der Waals surface area contributed by atoms with Gasteiger partial charge in [-0.3, -0.25) is 9.59 Å². The molecular weight excluding hydrogens is 346 g/mol. The fraction of sp³-hybridized carbons (Fsp3) is 0.353. The lowest BCUT2D eigenvalue weighted by Gasteiger charge is -2.20. The maximum atomic E-state index is 12.4. The Morgan fingerprint density at radius 2 is 2.16 bits per heavy atom. The van der Waals surface area contributed by atoms with Crippen LogP contribution in [0.15, 0.2) is 22.7 Å². The van der Waals surface area contributed by atoms with Crippen molar-refractivity contribution >= 4 is 34.9 Å². The average Bonchev–Trinajstić information content (AvgIpc) is 3.15. The number of rotatable bonds is 4. The van der Waals surface area contributed by atoms with E-state index in [2.05, 4.69) is 10.5 Å². The van der Waals surface area contributed by atoms with Crippen LogP contribution in [0.25, 0.3) is 0 Å². The van der Waals surface area contributed by atoms with Crippen LogP contribution in [0.2, 0.25) is 5.02 Å². The number of ether oxygens (including phenoxy) is 1. The van der Waals surface area contributed by atoms with Gasteiger partial charge in [0.25, 0.3) is 0 Å². The van der Waals surface area contributed by atoms with Crippen molar-refractivity contribution in [2.24, 2.45) is 5.92 Å². The lowest BCUT2D eigenvalue weighted by molar-refractivity contribution is -0.122. The number of aromatic nitrogens is 1. The van der Waals surface area contributed by atoms with Crippen LogP contribution in [0.4, 0.5) is 11.5 Å². The third-order valence-electron chi connectivity index (χ3n) is 4.13. The van der Waals surface area contributed by atoms with Gasteiger partial charge in [0.1, 0.15) is 11.5 Å². The van der Waals surface area contributed by atoms with Crippen LogP contribution in [-0.2, 0) is 9.59 Å². The molecule has 132 valence electrons. The molecule has 1 aromatic carbocycles. The highest BCUT2D eigenvalue weighted by atomic mass is 35.5. The molecule has 1 atom stereocenters. The van der Waals surface area contributed by atoms with Gasteiger partial charge in [0.2, 0.25) is 11.8 Å². The quantitative estimate of drug-likeness (QED) is 0.902. The molecule has 1 N–H and O–H groups in total. The fourth-order valence-corrected chi connectivity index (χ4v) is 2.95. The monoisotopic (exact) mass is 363 g/mol. The second-order valence-electron chi connectivity index (χ2n) is 5.99. The fourth-order valence-electron chi connectivity index (χ4n) is 2.79. The number of amides is 2. The van der Waals surface area contributed by atoms with Crippen molar-refractivity contribution in [1.82, 2.24) is 5.16 Å². The summed E-state index contributed by atoms with van der Waals surface area (Å²) in [7, 11) is 1.52. The normalized spacial score (nSPS) is 17.0. The highest BCUT2D eigenvalue weighted by molar-refractivity contribution is 6.31. The van der Waals surface area contributed by atoms with E-state index in [0.29, 0.717) is 28.0 Å². The molecule has 2 amide bonds. The Kier molecular flexibility index (Phi) is 4.67. The van der Waals surface area contributed by atoms with Gasteiger partial charge in [-0.15, -0.1) is 0 Å². The molecule has 0 bridgehead atoms. The molecule has 1 unspecified atom stereocenters. The average molecular weight is 364 g/mol. The second-order valence-corrected chi connectivity index (χ2v) is 6.40. The standard InChI is InChI=1S/C17H18ClN3O4/c1-9-4-13(14(24-3)7-12(9)18)21-8-11(6-16(21)22)17(23)19-15-5-10(2)25-20-15/h4-5,7,11H,6,8H2,1-3H3,(H,19,20,23). The molecule has 0 spiro atoms. The Balaban J connectivity index is 1.78.